The lowest BCUT2D eigenvalue weighted by molar-refractivity contribution is -0.124. The van der Waals surface area contributed by atoms with Crippen molar-refractivity contribution in [3.63, 3.8) is 0 Å². The molecule has 2 aliphatic heterocycles. The second-order valence-electron chi connectivity index (χ2n) is 11.1. The van der Waals surface area contributed by atoms with Gasteiger partial charge in [-0.1, -0.05) is 12.1 Å². The van der Waals surface area contributed by atoms with Crippen LogP contribution in [0.4, 0.5) is 4.79 Å². The first-order chi connectivity index (χ1) is 17.0. The highest BCUT2D eigenvalue weighted by Crippen LogP contribution is 2.40. The maximum Gasteiger partial charge on any atom is 0.410 e. The van der Waals surface area contributed by atoms with Crippen LogP contribution in [0.3, 0.4) is 0 Å². The van der Waals surface area contributed by atoms with E-state index in [0.29, 0.717) is 25.3 Å². The number of pyridine rings is 1. The topological polar surface area (TPSA) is 90.4 Å². The molecule has 4 rings (SSSR count). The summed E-state index contributed by atoms with van der Waals surface area (Å²) in [4.78, 5) is 19.0. The number of hydrogen-bond acceptors (Lipinski definition) is 7. The van der Waals surface area contributed by atoms with Gasteiger partial charge in [0.25, 0.3) is 0 Å². The standard InChI is InChI=1S/C28H38N2O6/c1-27(2,3)36-26(32)30-13-12-18(22(16-30)25-17-34-28(4,5)35-25)10-11-24(31)20-8-7-9-23-21(20)14-19(33-6)15-29-23/h7-9,14-15,17-18,22,24,31H,10-13,16H2,1-6H3/t18-,22+,24?/m1/s1. The molecule has 1 amide bonds. The summed E-state index contributed by atoms with van der Waals surface area (Å²) in [6.45, 7) is 10.4. The number of amides is 1. The van der Waals surface area contributed by atoms with Gasteiger partial charge in [0.05, 0.1) is 24.9 Å². The summed E-state index contributed by atoms with van der Waals surface area (Å²) in [5.74, 6) is 0.832. The van der Waals surface area contributed by atoms with Gasteiger partial charge in [0.2, 0.25) is 5.79 Å². The zero-order valence-electron chi connectivity index (χ0n) is 22.1. The van der Waals surface area contributed by atoms with E-state index in [1.165, 1.54) is 0 Å². The zero-order valence-corrected chi connectivity index (χ0v) is 22.1. The quantitative estimate of drug-likeness (QED) is 0.558. The number of hydrogen-bond donors (Lipinski definition) is 1. The highest BCUT2D eigenvalue weighted by atomic mass is 16.7. The summed E-state index contributed by atoms with van der Waals surface area (Å²) in [6.07, 6.45) is 4.50. The van der Waals surface area contributed by atoms with Gasteiger partial charge >= 0.3 is 6.09 Å². The van der Waals surface area contributed by atoms with Gasteiger partial charge in [-0.2, -0.15) is 0 Å². The van der Waals surface area contributed by atoms with Crippen LogP contribution in [0.25, 0.3) is 10.9 Å². The van der Waals surface area contributed by atoms with Gasteiger partial charge in [0.1, 0.15) is 23.4 Å². The number of aliphatic hydroxyl groups excluding tert-OH is 1. The Hall–Kier alpha value is -3.00. The minimum absolute atomic E-state index is 0.0467. The van der Waals surface area contributed by atoms with Crippen LogP contribution in [0.5, 0.6) is 5.75 Å². The Balaban J connectivity index is 1.49. The van der Waals surface area contributed by atoms with Crippen LogP contribution in [0, 0.1) is 11.8 Å². The first-order valence-corrected chi connectivity index (χ1v) is 12.6. The molecule has 2 aliphatic rings. The number of carbonyl (C=O) groups excluding carboxylic acids is 1. The minimum atomic E-state index is -0.734. The molecule has 1 fully saturated rings. The average Bonchev–Trinajstić information content (AvgIpc) is 3.20. The van der Waals surface area contributed by atoms with Crippen molar-refractivity contribution in [3.05, 3.63) is 48.0 Å². The van der Waals surface area contributed by atoms with E-state index in [0.717, 1.165) is 35.1 Å². The number of benzene rings is 1. The fourth-order valence-electron chi connectivity index (χ4n) is 4.94. The summed E-state index contributed by atoms with van der Waals surface area (Å²) in [6, 6.07) is 7.70. The molecule has 0 bridgehead atoms. The maximum atomic E-state index is 12.8. The molecule has 8 heteroatoms. The second-order valence-corrected chi connectivity index (χ2v) is 11.1. The molecule has 1 unspecified atom stereocenters. The third kappa shape index (κ3) is 6.03. The molecule has 0 spiro atoms. The third-order valence-corrected chi connectivity index (χ3v) is 6.74. The number of nitrogens with zero attached hydrogens (tertiary/aromatic N) is 2. The van der Waals surface area contributed by atoms with E-state index < -0.39 is 17.5 Å². The third-order valence-electron chi connectivity index (χ3n) is 6.74. The van der Waals surface area contributed by atoms with Gasteiger partial charge in [-0.15, -0.1) is 0 Å². The van der Waals surface area contributed by atoms with E-state index in [1.54, 1.807) is 24.5 Å². The molecule has 0 aliphatic carbocycles. The van der Waals surface area contributed by atoms with Crippen LogP contribution >= 0.6 is 0 Å². The first-order valence-electron chi connectivity index (χ1n) is 12.6. The van der Waals surface area contributed by atoms with Gasteiger partial charge in [-0.25, -0.2) is 4.79 Å². The van der Waals surface area contributed by atoms with Crippen LogP contribution in [-0.2, 0) is 14.2 Å². The van der Waals surface area contributed by atoms with Crippen molar-refractivity contribution in [1.29, 1.82) is 0 Å². The average molecular weight is 499 g/mol. The molecule has 0 saturated carbocycles. The summed E-state index contributed by atoms with van der Waals surface area (Å²) in [5.41, 5.74) is 1.10. The first kappa shape index (κ1) is 26.1. The zero-order chi connectivity index (χ0) is 26.1. The highest BCUT2D eigenvalue weighted by molar-refractivity contribution is 5.83. The van der Waals surface area contributed by atoms with Gasteiger partial charge in [0.15, 0.2) is 0 Å². The molecule has 1 saturated heterocycles. The van der Waals surface area contributed by atoms with E-state index in [2.05, 4.69) is 4.98 Å². The monoisotopic (exact) mass is 498 g/mol. The Morgan fingerprint density at radius 1 is 1.33 bits per heavy atom. The predicted octanol–water partition coefficient (Wildman–Crippen LogP) is 5.55. The number of likely N-dealkylation sites (tertiary alicyclic amines) is 1. The SMILES string of the molecule is COc1cnc2cccc(C(O)CC[C@@H]3CCN(C(=O)OC(C)(C)C)C[C@@H]3C3=COC(C)(C)O3)c2c1. The van der Waals surface area contributed by atoms with Gasteiger partial charge in [-0.05, 0) is 63.6 Å². The van der Waals surface area contributed by atoms with Gasteiger partial charge in [0, 0.05) is 38.2 Å². The van der Waals surface area contributed by atoms with E-state index in [-0.39, 0.29) is 17.9 Å². The smallest absolute Gasteiger partial charge is 0.410 e. The molecule has 2 aromatic rings. The van der Waals surface area contributed by atoms with Gasteiger partial charge in [-0.3, -0.25) is 4.98 Å². The molecule has 196 valence electrons. The molecule has 8 nitrogen and oxygen atoms in total. The van der Waals surface area contributed by atoms with Crippen LogP contribution in [0.1, 0.15) is 65.5 Å². The van der Waals surface area contributed by atoms with Gasteiger partial charge < -0.3 is 29.0 Å². The fraction of sp³-hybridized carbons (Fsp3) is 0.571. The fourth-order valence-corrected chi connectivity index (χ4v) is 4.94. The summed E-state index contributed by atoms with van der Waals surface area (Å²) < 4.78 is 22.8. The Bertz CT molecular complexity index is 1120. The highest BCUT2D eigenvalue weighted by Gasteiger charge is 2.40. The van der Waals surface area contributed by atoms with Crippen LogP contribution in [0.15, 0.2) is 42.5 Å². The van der Waals surface area contributed by atoms with Crippen molar-refractivity contribution >= 4 is 17.0 Å². The summed E-state index contributed by atoms with van der Waals surface area (Å²) >= 11 is 0. The lowest BCUT2D eigenvalue weighted by atomic mass is 9.80. The van der Waals surface area contributed by atoms with Crippen molar-refractivity contribution in [1.82, 2.24) is 9.88 Å². The molecular weight excluding hydrogens is 460 g/mol. The largest absolute Gasteiger partial charge is 0.495 e. The molecule has 0 radical (unpaired) electrons. The lowest BCUT2D eigenvalue weighted by Crippen LogP contribution is -2.46. The van der Waals surface area contributed by atoms with Crippen molar-refractivity contribution in [3.8, 4) is 5.75 Å². The molecule has 1 N–H and O–H groups in total. The van der Waals surface area contributed by atoms with E-state index >= 15 is 0 Å². The summed E-state index contributed by atoms with van der Waals surface area (Å²) in [7, 11) is 1.61. The van der Waals surface area contributed by atoms with Crippen LogP contribution in [0.2, 0.25) is 0 Å². The number of piperidine rings is 1. The van der Waals surface area contributed by atoms with E-state index in [9.17, 15) is 9.90 Å². The summed E-state index contributed by atoms with van der Waals surface area (Å²) in [5, 5.41) is 12.1. The number of fused-ring (bicyclic) bond motifs is 1. The van der Waals surface area contributed by atoms with Crippen LogP contribution < -0.4 is 4.74 Å². The van der Waals surface area contributed by atoms with Crippen molar-refractivity contribution in [2.24, 2.45) is 11.8 Å². The molecular formula is C28H38N2O6. The number of aliphatic hydroxyl groups is 1. The molecule has 1 aromatic heterocycles. The van der Waals surface area contributed by atoms with Crippen molar-refractivity contribution in [2.45, 2.75) is 71.4 Å². The Morgan fingerprint density at radius 3 is 2.78 bits per heavy atom. The minimum Gasteiger partial charge on any atom is -0.495 e. The maximum absolute atomic E-state index is 12.8. The number of rotatable bonds is 6. The van der Waals surface area contributed by atoms with Crippen LogP contribution in [-0.4, -0.2) is 52.7 Å². The van der Waals surface area contributed by atoms with Crippen molar-refractivity contribution in [2.75, 3.05) is 20.2 Å². The Kier molecular flexibility index (Phi) is 7.36. The lowest BCUT2D eigenvalue weighted by Gasteiger charge is -2.39. The van der Waals surface area contributed by atoms with E-state index in [4.69, 9.17) is 18.9 Å². The number of methoxy groups -OCH3 is 1. The normalized spacial score (nSPS) is 22.4. The molecule has 1 aromatic carbocycles. The predicted molar refractivity (Wildman–Crippen MR) is 136 cm³/mol. The number of carbonyl (C=O) groups is 1. The number of ether oxygens (including phenoxy) is 4. The molecule has 3 heterocycles. The Labute approximate surface area is 213 Å². The van der Waals surface area contributed by atoms with Crippen molar-refractivity contribution < 1.29 is 28.8 Å². The Morgan fingerprint density at radius 2 is 2.11 bits per heavy atom. The van der Waals surface area contributed by atoms with E-state index in [1.807, 2.05) is 58.9 Å². The molecule has 3 atom stereocenters. The number of aromatic nitrogens is 1. The second kappa shape index (κ2) is 10.2. The molecule has 36 heavy (non-hydrogen) atoms.